The van der Waals surface area contributed by atoms with Gasteiger partial charge in [-0.1, -0.05) is 35.9 Å². The van der Waals surface area contributed by atoms with Gasteiger partial charge in [0.15, 0.2) is 6.61 Å². The van der Waals surface area contributed by atoms with E-state index in [2.05, 4.69) is 5.32 Å². The molecule has 2 aromatic carbocycles. The Morgan fingerprint density at radius 2 is 1.74 bits per heavy atom. The third-order valence-corrected chi connectivity index (χ3v) is 6.67. The number of aromatic nitrogens is 1. The van der Waals surface area contributed by atoms with Crippen LogP contribution in [0, 0.1) is 13.8 Å². The Balaban J connectivity index is 1.36. The molecule has 35 heavy (non-hydrogen) atoms. The summed E-state index contributed by atoms with van der Waals surface area (Å²) in [6, 6.07) is 18.7. The number of nitrogens with zero attached hydrogens (tertiary/aromatic N) is 2. The number of amides is 2. The SMILES string of the molecule is Cc1ccc(C(=O)NCc2ccccc2C)c(C2CCN(C(=O)COc3ccc(Cl)cc3)CC2)n1. The second-order valence-corrected chi connectivity index (χ2v) is 9.33. The Labute approximate surface area is 211 Å². The summed E-state index contributed by atoms with van der Waals surface area (Å²) in [7, 11) is 0. The number of aryl methyl sites for hydroxylation is 2. The zero-order valence-corrected chi connectivity index (χ0v) is 20.8. The maximum Gasteiger partial charge on any atom is 0.260 e. The molecule has 0 radical (unpaired) electrons. The number of ether oxygens (including phenoxy) is 1. The van der Waals surface area contributed by atoms with Gasteiger partial charge in [-0.3, -0.25) is 14.6 Å². The molecule has 0 saturated carbocycles. The summed E-state index contributed by atoms with van der Waals surface area (Å²) in [6.07, 6.45) is 1.50. The summed E-state index contributed by atoms with van der Waals surface area (Å²) >= 11 is 5.89. The van der Waals surface area contributed by atoms with Crippen LogP contribution < -0.4 is 10.1 Å². The van der Waals surface area contributed by atoms with E-state index in [-0.39, 0.29) is 24.3 Å². The van der Waals surface area contributed by atoms with Crippen molar-refractivity contribution in [3.05, 3.63) is 93.8 Å². The van der Waals surface area contributed by atoms with Gasteiger partial charge in [-0.15, -0.1) is 0 Å². The van der Waals surface area contributed by atoms with Crippen LogP contribution in [0.25, 0.3) is 0 Å². The van der Waals surface area contributed by atoms with E-state index in [0.29, 0.717) is 36.0 Å². The molecule has 0 unspecified atom stereocenters. The van der Waals surface area contributed by atoms with Crippen molar-refractivity contribution in [3.63, 3.8) is 0 Å². The number of nitrogens with one attached hydrogen (secondary N) is 1. The Morgan fingerprint density at radius 3 is 2.46 bits per heavy atom. The van der Waals surface area contributed by atoms with Gasteiger partial charge in [0.2, 0.25) is 0 Å². The number of benzene rings is 2. The first kappa shape index (κ1) is 24.7. The van der Waals surface area contributed by atoms with Crippen molar-refractivity contribution in [1.82, 2.24) is 15.2 Å². The number of halogens is 1. The number of likely N-dealkylation sites (tertiary alicyclic amines) is 1. The fourth-order valence-electron chi connectivity index (χ4n) is 4.33. The zero-order valence-electron chi connectivity index (χ0n) is 20.1. The number of carbonyl (C=O) groups is 2. The molecule has 2 amide bonds. The molecule has 1 fully saturated rings. The average Bonchev–Trinajstić information content (AvgIpc) is 2.87. The second-order valence-electron chi connectivity index (χ2n) is 8.89. The maximum absolute atomic E-state index is 13.1. The quantitative estimate of drug-likeness (QED) is 0.501. The van der Waals surface area contributed by atoms with Crippen LogP contribution >= 0.6 is 11.6 Å². The Morgan fingerprint density at radius 1 is 1.03 bits per heavy atom. The number of hydrogen-bond acceptors (Lipinski definition) is 4. The van der Waals surface area contributed by atoms with E-state index in [1.807, 2.05) is 55.1 Å². The van der Waals surface area contributed by atoms with Gasteiger partial charge in [-0.2, -0.15) is 0 Å². The first-order chi connectivity index (χ1) is 16.9. The summed E-state index contributed by atoms with van der Waals surface area (Å²) in [5.41, 5.74) is 4.55. The van der Waals surface area contributed by atoms with E-state index >= 15 is 0 Å². The minimum Gasteiger partial charge on any atom is -0.484 e. The molecule has 0 aliphatic carbocycles. The lowest BCUT2D eigenvalue weighted by molar-refractivity contribution is -0.134. The van der Waals surface area contributed by atoms with Crippen molar-refractivity contribution in [2.24, 2.45) is 0 Å². The van der Waals surface area contributed by atoms with Gasteiger partial charge >= 0.3 is 0 Å². The Hall–Kier alpha value is -3.38. The normalized spacial score (nSPS) is 14.0. The predicted octanol–water partition coefficient (Wildman–Crippen LogP) is 5.07. The third-order valence-electron chi connectivity index (χ3n) is 6.42. The first-order valence-electron chi connectivity index (χ1n) is 11.9. The van der Waals surface area contributed by atoms with E-state index in [4.69, 9.17) is 21.3 Å². The van der Waals surface area contributed by atoms with Crippen LogP contribution in [0.1, 0.15) is 51.6 Å². The minimum atomic E-state index is -0.120. The summed E-state index contributed by atoms with van der Waals surface area (Å²) in [5.74, 6) is 0.565. The standard InChI is InChI=1S/C28H30ClN3O3/c1-19-5-3-4-6-22(19)17-30-28(34)25-12-7-20(2)31-27(25)21-13-15-32(16-14-21)26(33)18-35-24-10-8-23(29)9-11-24/h3-12,21H,13-18H2,1-2H3,(H,30,34). The van der Waals surface area contributed by atoms with Crippen molar-refractivity contribution in [3.8, 4) is 5.75 Å². The van der Waals surface area contributed by atoms with Gasteiger partial charge in [-0.25, -0.2) is 0 Å². The largest absolute Gasteiger partial charge is 0.484 e. The van der Waals surface area contributed by atoms with Crippen LogP contribution in [0.4, 0.5) is 0 Å². The van der Waals surface area contributed by atoms with Gasteiger partial charge in [0.1, 0.15) is 5.75 Å². The van der Waals surface area contributed by atoms with E-state index in [9.17, 15) is 9.59 Å². The molecular weight excluding hydrogens is 462 g/mol. The van der Waals surface area contributed by atoms with Gasteiger partial charge in [0, 0.05) is 36.3 Å². The number of hydrogen-bond donors (Lipinski definition) is 1. The van der Waals surface area contributed by atoms with Crippen molar-refractivity contribution >= 4 is 23.4 Å². The highest BCUT2D eigenvalue weighted by atomic mass is 35.5. The molecule has 1 saturated heterocycles. The molecule has 182 valence electrons. The number of pyridine rings is 1. The van der Waals surface area contributed by atoms with E-state index in [1.54, 1.807) is 24.3 Å². The lowest BCUT2D eigenvalue weighted by Crippen LogP contribution is -2.41. The molecule has 3 aromatic rings. The van der Waals surface area contributed by atoms with Crippen molar-refractivity contribution in [2.75, 3.05) is 19.7 Å². The Bertz CT molecular complexity index is 1190. The topological polar surface area (TPSA) is 71.5 Å². The van der Waals surface area contributed by atoms with E-state index in [1.165, 1.54) is 0 Å². The number of carbonyl (C=O) groups excluding carboxylic acids is 2. The molecule has 7 heteroatoms. The first-order valence-corrected chi connectivity index (χ1v) is 12.2. The lowest BCUT2D eigenvalue weighted by atomic mass is 9.89. The highest BCUT2D eigenvalue weighted by Gasteiger charge is 2.28. The van der Waals surface area contributed by atoms with Crippen LogP contribution in [0.3, 0.4) is 0 Å². The van der Waals surface area contributed by atoms with Crippen LogP contribution in [0.2, 0.25) is 5.02 Å². The summed E-state index contributed by atoms with van der Waals surface area (Å²) in [5, 5.41) is 3.67. The van der Waals surface area contributed by atoms with Crippen molar-refractivity contribution in [2.45, 2.75) is 39.2 Å². The Kier molecular flexibility index (Phi) is 8.03. The highest BCUT2D eigenvalue weighted by molar-refractivity contribution is 6.30. The molecule has 6 nitrogen and oxygen atoms in total. The monoisotopic (exact) mass is 491 g/mol. The zero-order chi connectivity index (χ0) is 24.8. The molecule has 0 bridgehead atoms. The van der Waals surface area contributed by atoms with Gasteiger partial charge in [0.05, 0.1) is 11.3 Å². The molecule has 1 aromatic heterocycles. The van der Waals surface area contributed by atoms with Gasteiger partial charge in [0.25, 0.3) is 11.8 Å². The van der Waals surface area contributed by atoms with Crippen molar-refractivity contribution in [1.29, 1.82) is 0 Å². The smallest absolute Gasteiger partial charge is 0.260 e. The maximum atomic E-state index is 13.1. The molecular formula is C28H30ClN3O3. The summed E-state index contributed by atoms with van der Waals surface area (Å²) < 4.78 is 5.61. The number of rotatable bonds is 7. The molecule has 1 aliphatic rings. The molecule has 4 rings (SSSR count). The molecule has 2 heterocycles. The van der Waals surface area contributed by atoms with E-state index in [0.717, 1.165) is 35.4 Å². The van der Waals surface area contributed by atoms with Crippen LogP contribution in [0.15, 0.2) is 60.7 Å². The summed E-state index contributed by atoms with van der Waals surface area (Å²) in [6.45, 7) is 5.64. The molecule has 1 N–H and O–H groups in total. The average molecular weight is 492 g/mol. The van der Waals surface area contributed by atoms with E-state index < -0.39 is 0 Å². The molecule has 0 atom stereocenters. The van der Waals surface area contributed by atoms with Gasteiger partial charge in [-0.05, 0) is 74.2 Å². The second kappa shape index (κ2) is 11.4. The number of piperidine rings is 1. The fraction of sp³-hybridized carbons (Fsp3) is 0.321. The van der Waals surface area contributed by atoms with Crippen LogP contribution in [-0.4, -0.2) is 41.4 Å². The fourth-order valence-corrected chi connectivity index (χ4v) is 4.45. The lowest BCUT2D eigenvalue weighted by Gasteiger charge is -2.32. The van der Waals surface area contributed by atoms with Crippen molar-refractivity contribution < 1.29 is 14.3 Å². The molecule has 1 aliphatic heterocycles. The highest BCUT2D eigenvalue weighted by Crippen LogP contribution is 2.30. The van der Waals surface area contributed by atoms with Crippen LogP contribution in [0.5, 0.6) is 5.75 Å². The summed E-state index contributed by atoms with van der Waals surface area (Å²) in [4.78, 5) is 32.3. The predicted molar refractivity (Wildman–Crippen MR) is 137 cm³/mol. The third kappa shape index (κ3) is 6.40. The van der Waals surface area contributed by atoms with Gasteiger partial charge < -0.3 is 15.0 Å². The minimum absolute atomic E-state index is 0.0123. The molecule has 0 spiro atoms. The van der Waals surface area contributed by atoms with Crippen LogP contribution in [-0.2, 0) is 11.3 Å².